The van der Waals surface area contributed by atoms with Crippen LogP contribution in [0.15, 0.2) is 70.4 Å². The van der Waals surface area contributed by atoms with Crippen molar-refractivity contribution in [3.63, 3.8) is 0 Å². The van der Waals surface area contributed by atoms with Gasteiger partial charge in [-0.3, -0.25) is 14.3 Å². The summed E-state index contributed by atoms with van der Waals surface area (Å²) in [5.74, 6) is -1.24. The van der Waals surface area contributed by atoms with Crippen molar-refractivity contribution in [2.24, 2.45) is 0 Å². The van der Waals surface area contributed by atoms with Gasteiger partial charge in [0.05, 0.1) is 13.2 Å². The fraction of sp³-hybridized carbons (Fsp3) is 0.541. The second-order valence-electron chi connectivity index (χ2n) is 13.5. The van der Waals surface area contributed by atoms with E-state index in [0.717, 1.165) is 22.3 Å². The van der Waals surface area contributed by atoms with Crippen molar-refractivity contribution in [2.45, 2.75) is 88.9 Å². The van der Waals surface area contributed by atoms with Crippen LogP contribution in [0.5, 0.6) is 0 Å². The average Bonchev–Trinajstić information content (AvgIpc) is 3.63. The summed E-state index contributed by atoms with van der Waals surface area (Å²) < 4.78 is 52.3. The van der Waals surface area contributed by atoms with Crippen LogP contribution in [-0.4, -0.2) is 97.2 Å². The molecule has 0 bridgehead atoms. The summed E-state index contributed by atoms with van der Waals surface area (Å²) in [4.78, 5) is 40.8. The number of benzene rings is 2. The Morgan fingerprint density at radius 1 is 0.923 bits per heavy atom. The molecule has 2 aromatic carbocycles. The third-order valence-electron chi connectivity index (χ3n) is 9.70. The second kappa shape index (κ2) is 16.7. The molecule has 282 valence electrons. The molecule has 52 heavy (non-hydrogen) atoms. The normalized spacial score (nSPS) is 23.2. The highest BCUT2D eigenvalue weighted by atomic mass is 31.2. The molecule has 6 rings (SSSR count). The molecule has 1 N–H and O–H groups in total. The highest BCUT2D eigenvalue weighted by Crippen LogP contribution is 2.51. The Morgan fingerprint density at radius 3 is 2.12 bits per heavy atom. The maximum atomic E-state index is 13.3. The van der Waals surface area contributed by atoms with E-state index in [0.29, 0.717) is 26.1 Å². The highest BCUT2D eigenvalue weighted by molar-refractivity contribution is 7.44. The molecule has 0 spiro atoms. The summed E-state index contributed by atoms with van der Waals surface area (Å²) in [5.41, 5.74) is 3.10. The Labute approximate surface area is 304 Å². The van der Waals surface area contributed by atoms with Crippen molar-refractivity contribution >= 4 is 14.7 Å². The van der Waals surface area contributed by atoms with E-state index in [1.165, 1.54) is 16.8 Å². The molecule has 3 aromatic rings. The van der Waals surface area contributed by atoms with Crippen LogP contribution in [0, 0.1) is 0 Å². The van der Waals surface area contributed by atoms with Gasteiger partial charge in [0, 0.05) is 57.3 Å². The van der Waals surface area contributed by atoms with Crippen LogP contribution in [0.3, 0.4) is 0 Å². The minimum atomic E-state index is -1.71. The summed E-state index contributed by atoms with van der Waals surface area (Å²) >= 11 is 0. The molecule has 0 saturated carbocycles. The van der Waals surface area contributed by atoms with Crippen LogP contribution in [0.25, 0.3) is 11.1 Å². The third-order valence-corrected chi connectivity index (χ3v) is 11.7. The molecule has 14 nitrogen and oxygen atoms in total. The molecule has 1 unspecified atom stereocenters. The summed E-state index contributed by atoms with van der Waals surface area (Å²) in [5, 5.41) is 0. The second-order valence-corrected chi connectivity index (χ2v) is 15.1. The number of carbonyl (C=O) groups is 1. The van der Waals surface area contributed by atoms with Crippen molar-refractivity contribution in [3.8, 4) is 11.1 Å². The number of methoxy groups -OCH3 is 1. The Kier molecular flexibility index (Phi) is 12.3. The highest BCUT2D eigenvalue weighted by Gasteiger charge is 2.54. The Morgan fingerprint density at radius 2 is 1.54 bits per heavy atom. The zero-order valence-corrected chi connectivity index (χ0v) is 31.3. The molecule has 3 heterocycles. The van der Waals surface area contributed by atoms with Gasteiger partial charge in [0.25, 0.3) is 14.1 Å². The van der Waals surface area contributed by atoms with Crippen LogP contribution in [0.1, 0.15) is 63.8 Å². The maximum absolute atomic E-state index is 13.3. The van der Waals surface area contributed by atoms with E-state index in [-0.39, 0.29) is 31.2 Å². The molecule has 2 saturated heterocycles. The Hall–Kier alpha value is -3.46. The van der Waals surface area contributed by atoms with Gasteiger partial charge in [-0.2, -0.15) is 0 Å². The van der Waals surface area contributed by atoms with E-state index in [1.807, 2.05) is 64.1 Å². The first-order chi connectivity index (χ1) is 25.1. The van der Waals surface area contributed by atoms with Crippen molar-refractivity contribution in [1.29, 1.82) is 0 Å². The number of nitrogens with zero attached hydrogens (tertiary/aromatic N) is 2. The molecule has 2 aliphatic heterocycles. The van der Waals surface area contributed by atoms with Crippen molar-refractivity contribution in [1.82, 2.24) is 14.2 Å². The number of ether oxygens (including phenoxy) is 6. The van der Waals surface area contributed by atoms with E-state index in [1.54, 1.807) is 14.2 Å². The molecule has 5 atom stereocenters. The van der Waals surface area contributed by atoms with E-state index < -0.39 is 56.3 Å². The van der Waals surface area contributed by atoms with E-state index >= 15 is 0 Å². The number of fused-ring (bicyclic) bond motifs is 3. The minimum absolute atomic E-state index is 0.0432. The number of carbonyl (C=O) groups excluding carboxylic acids is 1. The number of aromatic amines is 1. The van der Waals surface area contributed by atoms with E-state index in [4.69, 9.17) is 37.5 Å². The summed E-state index contributed by atoms with van der Waals surface area (Å²) in [6.07, 6.45) is -2.72. The molecule has 0 radical (unpaired) electrons. The smallest absolute Gasteiger partial charge is 0.433 e. The molecule has 3 aliphatic rings. The Bertz CT molecular complexity index is 1740. The molecule has 2 fully saturated rings. The van der Waals surface area contributed by atoms with Gasteiger partial charge in [-0.15, -0.1) is 0 Å². The van der Waals surface area contributed by atoms with Crippen LogP contribution in [0.4, 0.5) is 4.79 Å². The van der Waals surface area contributed by atoms with Gasteiger partial charge in [-0.25, -0.2) is 14.3 Å². The minimum Gasteiger partial charge on any atom is -0.433 e. The van der Waals surface area contributed by atoms with E-state index in [9.17, 15) is 14.4 Å². The van der Waals surface area contributed by atoms with E-state index in [2.05, 4.69) is 21.8 Å². The maximum Gasteiger partial charge on any atom is 0.508 e. The van der Waals surface area contributed by atoms with Crippen LogP contribution in [0.2, 0.25) is 0 Å². The van der Waals surface area contributed by atoms with Crippen LogP contribution in [-0.2, 0) is 37.5 Å². The fourth-order valence-corrected chi connectivity index (χ4v) is 8.90. The predicted octanol–water partition coefficient (Wildman–Crippen LogP) is 5.32. The zero-order chi connectivity index (χ0) is 37.0. The lowest BCUT2D eigenvalue weighted by atomic mass is 9.98. The summed E-state index contributed by atoms with van der Waals surface area (Å²) in [7, 11) is 1.41. The number of H-pyrrole nitrogens is 1. The lowest BCUT2D eigenvalue weighted by Gasteiger charge is -2.41. The predicted molar refractivity (Wildman–Crippen MR) is 192 cm³/mol. The molecule has 0 amide bonds. The first kappa shape index (κ1) is 38.3. The van der Waals surface area contributed by atoms with Gasteiger partial charge in [0.2, 0.25) is 0 Å². The van der Waals surface area contributed by atoms with Crippen molar-refractivity contribution in [3.05, 3.63) is 92.8 Å². The van der Waals surface area contributed by atoms with Gasteiger partial charge in [-0.1, -0.05) is 48.5 Å². The third kappa shape index (κ3) is 8.04. The molecular formula is C37H48N3O11P. The van der Waals surface area contributed by atoms with Gasteiger partial charge >= 0.3 is 11.8 Å². The Balaban J connectivity index is 1.27. The monoisotopic (exact) mass is 741 g/mol. The number of nitrogens with one attached hydrogen (secondary N) is 1. The molecule has 1 aliphatic carbocycles. The molecule has 15 heteroatoms. The first-order valence-corrected chi connectivity index (χ1v) is 18.7. The number of hydrogen-bond donors (Lipinski definition) is 1. The largest absolute Gasteiger partial charge is 0.508 e. The van der Waals surface area contributed by atoms with Gasteiger partial charge in [0.15, 0.2) is 12.0 Å². The van der Waals surface area contributed by atoms with Gasteiger partial charge in [-0.05, 0) is 49.9 Å². The zero-order valence-electron chi connectivity index (χ0n) is 30.4. The van der Waals surface area contributed by atoms with Gasteiger partial charge < -0.3 is 37.5 Å². The summed E-state index contributed by atoms with van der Waals surface area (Å²) in [6, 6.07) is 17.4. The lowest BCUT2D eigenvalue weighted by Crippen LogP contribution is -2.50. The fourth-order valence-electron chi connectivity index (χ4n) is 7.30. The lowest BCUT2D eigenvalue weighted by molar-refractivity contribution is -0.292. The number of hydrogen-bond acceptors (Lipinski definition) is 12. The molecule has 1 aromatic heterocycles. The van der Waals surface area contributed by atoms with Crippen LogP contribution >= 0.6 is 8.53 Å². The summed E-state index contributed by atoms with van der Waals surface area (Å²) in [6.45, 7) is 8.73. The SMILES string of the molecule is COP(O[C@H]1[C@@H](OC2(OC)CCOCC2)[C@H](n2ccc(=O)[nH]c2=O)O[C@@H]1COC(=O)OCC1c2ccccc2-c2ccccc21)N(C(C)C)C(C)C. The number of rotatable bonds is 14. The molecular weight excluding hydrogens is 693 g/mol. The quantitative estimate of drug-likeness (QED) is 0.130. The standard InChI is InChI=1S/C37H48N3O11P/c1-23(2)40(24(3)4)52(45-6)51-32-30(22-48-36(43)47-21-29-27-13-9-7-11-25(27)26-12-8-10-14-28(26)29)49-34(39-18-15-31(41)38-35(39)42)33(32)50-37(44-5)16-19-46-20-17-37/h7-15,18,23-24,29-30,32-34H,16-17,19-22H2,1-6H3,(H,38,41,42)/t30-,32-,33-,34-,52?/m1/s1. The first-order valence-electron chi connectivity index (χ1n) is 17.6. The van der Waals surface area contributed by atoms with Crippen molar-refractivity contribution in [2.75, 3.05) is 40.6 Å². The number of aromatic nitrogens is 2. The topological polar surface area (TPSA) is 149 Å². The average molecular weight is 742 g/mol. The van der Waals surface area contributed by atoms with Crippen LogP contribution < -0.4 is 11.2 Å². The van der Waals surface area contributed by atoms with Gasteiger partial charge in [0.1, 0.15) is 31.5 Å². The van der Waals surface area contributed by atoms with Crippen molar-refractivity contribution < 1.29 is 42.3 Å².